The second-order valence-electron chi connectivity index (χ2n) is 6.18. The molecule has 6 nitrogen and oxygen atoms in total. The van der Waals surface area contributed by atoms with E-state index in [1.807, 2.05) is 0 Å². The van der Waals surface area contributed by atoms with Crippen LogP contribution in [0, 0.1) is 11.8 Å². The maximum Gasteiger partial charge on any atom is 0.313 e. The van der Waals surface area contributed by atoms with E-state index in [2.05, 4.69) is 19.2 Å². The van der Waals surface area contributed by atoms with E-state index in [1.54, 1.807) is 23.1 Å². The standard InChI is InChI=1S/C16H20N2O4/c1-10-5-11(2)8-18(7-10)16(20)15(19)17-12-3-4-13-14(6-12)22-9-21-13/h3-4,6,10-11H,5,7-9H2,1-2H3,(H,17,19)/t10-,11-/m1/s1. The lowest BCUT2D eigenvalue weighted by Gasteiger charge is -2.34. The van der Waals surface area contributed by atoms with Crippen molar-refractivity contribution in [1.29, 1.82) is 0 Å². The van der Waals surface area contributed by atoms with Crippen molar-refractivity contribution in [2.75, 3.05) is 25.2 Å². The lowest BCUT2D eigenvalue weighted by atomic mass is 9.92. The molecule has 1 aromatic rings. The predicted molar refractivity (Wildman–Crippen MR) is 80.7 cm³/mol. The van der Waals surface area contributed by atoms with Gasteiger partial charge in [-0.2, -0.15) is 0 Å². The van der Waals surface area contributed by atoms with Crippen LogP contribution in [0.5, 0.6) is 11.5 Å². The van der Waals surface area contributed by atoms with Crippen molar-refractivity contribution in [3.05, 3.63) is 18.2 Å². The Morgan fingerprint density at radius 1 is 1.14 bits per heavy atom. The van der Waals surface area contributed by atoms with Crippen LogP contribution >= 0.6 is 0 Å². The molecule has 0 aromatic heterocycles. The van der Waals surface area contributed by atoms with Crippen molar-refractivity contribution in [3.8, 4) is 11.5 Å². The number of amides is 2. The molecule has 0 unspecified atom stereocenters. The molecule has 118 valence electrons. The normalized spacial score (nSPS) is 23.3. The minimum Gasteiger partial charge on any atom is -0.454 e. The fourth-order valence-electron chi connectivity index (χ4n) is 3.13. The number of hydrogen-bond donors (Lipinski definition) is 1. The Kier molecular flexibility index (Phi) is 3.92. The fourth-order valence-corrected chi connectivity index (χ4v) is 3.13. The monoisotopic (exact) mass is 304 g/mol. The number of piperidine rings is 1. The van der Waals surface area contributed by atoms with Crippen molar-refractivity contribution in [1.82, 2.24) is 4.90 Å². The van der Waals surface area contributed by atoms with Crippen molar-refractivity contribution in [2.45, 2.75) is 20.3 Å². The molecule has 2 aliphatic rings. The van der Waals surface area contributed by atoms with Gasteiger partial charge in [-0.1, -0.05) is 13.8 Å². The van der Waals surface area contributed by atoms with Gasteiger partial charge in [-0.25, -0.2) is 0 Å². The van der Waals surface area contributed by atoms with Crippen LogP contribution in [0.25, 0.3) is 0 Å². The zero-order valence-corrected chi connectivity index (χ0v) is 12.8. The van der Waals surface area contributed by atoms with Crippen molar-refractivity contribution in [2.24, 2.45) is 11.8 Å². The maximum atomic E-state index is 12.3. The molecule has 2 aliphatic heterocycles. The third-order valence-electron chi connectivity index (χ3n) is 3.98. The first-order chi connectivity index (χ1) is 10.5. The first-order valence-electron chi connectivity index (χ1n) is 7.53. The molecule has 2 heterocycles. The Morgan fingerprint density at radius 3 is 2.55 bits per heavy atom. The van der Waals surface area contributed by atoms with E-state index in [4.69, 9.17) is 9.47 Å². The topological polar surface area (TPSA) is 67.9 Å². The number of anilines is 1. The van der Waals surface area contributed by atoms with E-state index >= 15 is 0 Å². The summed E-state index contributed by atoms with van der Waals surface area (Å²) in [4.78, 5) is 26.1. The molecule has 1 aromatic carbocycles. The lowest BCUT2D eigenvalue weighted by Crippen LogP contribution is -2.47. The van der Waals surface area contributed by atoms with E-state index in [9.17, 15) is 9.59 Å². The average molecular weight is 304 g/mol. The third-order valence-corrected chi connectivity index (χ3v) is 3.98. The van der Waals surface area contributed by atoms with Crippen molar-refractivity contribution in [3.63, 3.8) is 0 Å². The molecule has 0 bridgehead atoms. The van der Waals surface area contributed by atoms with E-state index in [0.29, 0.717) is 42.1 Å². The molecule has 0 radical (unpaired) electrons. The molecule has 1 fully saturated rings. The van der Waals surface area contributed by atoms with E-state index in [-0.39, 0.29) is 6.79 Å². The van der Waals surface area contributed by atoms with Gasteiger partial charge in [0.25, 0.3) is 0 Å². The summed E-state index contributed by atoms with van der Waals surface area (Å²) in [5.74, 6) is 0.974. The number of ether oxygens (including phenoxy) is 2. The fraction of sp³-hybridized carbons (Fsp3) is 0.500. The summed E-state index contributed by atoms with van der Waals surface area (Å²) < 4.78 is 10.5. The van der Waals surface area contributed by atoms with Gasteiger partial charge < -0.3 is 19.7 Å². The van der Waals surface area contributed by atoms with Gasteiger partial charge >= 0.3 is 11.8 Å². The van der Waals surface area contributed by atoms with Gasteiger partial charge in [0.2, 0.25) is 6.79 Å². The van der Waals surface area contributed by atoms with Gasteiger partial charge in [-0.3, -0.25) is 9.59 Å². The van der Waals surface area contributed by atoms with Crippen LogP contribution in [0.3, 0.4) is 0 Å². The smallest absolute Gasteiger partial charge is 0.313 e. The van der Waals surface area contributed by atoms with Gasteiger partial charge in [-0.05, 0) is 30.4 Å². The van der Waals surface area contributed by atoms with Gasteiger partial charge in [0.1, 0.15) is 0 Å². The highest BCUT2D eigenvalue weighted by atomic mass is 16.7. The van der Waals surface area contributed by atoms with Crippen LogP contribution in [0.1, 0.15) is 20.3 Å². The Hall–Kier alpha value is -2.24. The van der Waals surface area contributed by atoms with Crippen molar-refractivity contribution >= 4 is 17.5 Å². The molecule has 1 N–H and O–H groups in total. The molecule has 3 rings (SSSR count). The molecule has 22 heavy (non-hydrogen) atoms. The summed E-state index contributed by atoms with van der Waals surface area (Å²) in [6.45, 7) is 5.65. The Labute approximate surface area is 129 Å². The molecule has 0 aliphatic carbocycles. The minimum atomic E-state index is -0.611. The van der Waals surface area contributed by atoms with E-state index in [1.165, 1.54) is 0 Å². The number of nitrogens with one attached hydrogen (secondary N) is 1. The molecular formula is C16H20N2O4. The van der Waals surface area contributed by atoms with Crippen LogP contribution in [0.4, 0.5) is 5.69 Å². The summed E-state index contributed by atoms with van der Waals surface area (Å²) in [6, 6.07) is 5.07. The van der Waals surface area contributed by atoms with Crippen LogP contribution in [-0.4, -0.2) is 36.6 Å². The number of carbonyl (C=O) groups excluding carboxylic acids is 2. The molecule has 0 spiro atoms. The molecular weight excluding hydrogens is 284 g/mol. The van der Waals surface area contributed by atoms with Crippen LogP contribution in [-0.2, 0) is 9.59 Å². The number of likely N-dealkylation sites (tertiary alicyclic amines) is 1. The minimum absolute atomic E-state index is 0.176. The molecule has 1 saturated heterocycles. The van der Waals surface area contributed by atoms with Crippen LogP contribution in [0.2, 0.25) is 0 Å². The number of fused-ring (bicyclic) bond motifs is 1. The Bertz CT molecular complexity index is 592. The molecule has 2 atom stereocenters. The second-order valence-corrected chi connectivity index (χ2v) is 6.18. The molecule has 0 saturated carbocycles. The highest BCUT2D eigenvalue weighted by Gasteiger charge is 2.29. The predicted octanol–water partition coefficient (Wildman–Crippen LogP) is 1.86. The zero-order chi connectivity index (χ0) is 15.7. The molecule has 6 heteroatoms. The third kappa shape index (κ3) is 3.00. The number of hydrogen-bond acceptors (Lipinski definition) is 4. The van der Waals surface area contributed by atoms with E-state index < -0.39 is 11.8 Å². The number of carbonyl (C=O) groups is 2. The van der Waals surface area contributed by atoms with Gasteiger partial charge in [0, 0.05) is 24.8 Å². The number of benzene rings is 1. The van der Waals surface area contributed by atoms with Gasteiger partial charge in [0.15, 0.2) is 11.5 Å². The second kappa shape index (κ2) is 5.87. The first kappa shape index (κ1) is 14.7. The number of rotatable bonds is 1. The summed E-state index contributed by atoms with van der Waals surface area (Å²) in [5.41, 5.74) is 0.528. The maximum absolute atomic E-state index is 12.3. The Morgan fingerprint density at radius 2 is 1.82 bits per heavy atom. The van der Waals surface area contributed by atoms with Crippen molar-refractivity contribution < 1.29 is 19.1 Å². The average Bonchev–Trinajstić information content (AvgIpc) is 2.93. The summed E-state index contributed by atoms with van der Waals surface area (Å²) in [6.07, 6.45) is 1.09. The Balaban J connectivity index is 1.65. The van der Waals surface area contributed by atoms with Crippen LogP contribution in [0.15, 0.2) is 18.2 Å². The van der Waals surface area contributed by atoms with E-state index in [0.717, 1.165) is 6.42 Å². The van der Waals surface area contributed by atoms with Gasteiger partial charge in [-0.15, -0.1) is 0 Å². The first-order valence-corrected chi connectivity index (χ1v) is 7.53. The summed E-state index contributed by atoms with van der Waals surface area (Å²) >= 11 is 0. The highest BCUT2D eigenvalue weighted by molar-refractivity contribution is 6.39. The largest absolute Gasteiger partial charge is 0.454 e. The zero-order valence-electron chi connectivity index (χ0n) is 12.8. The van der Waals surface area contributed by atoms with Crippen LogP contribution < -0.4 is 14.8 Å². The quantitative estimate of drug-likeness (QED) is 0.804. The number of nitrogens with zero attached hydrogens (tertiary/aromatic N) is 1. The summed E-state index contributed by atoms with van der Waals surface area (Å²) in [7, 11) is 0. The van der Waals surface area contributed by atoms with Gasteiger partial charge in [0.05, 0.1) is 0 Å². The highest BCUT2D eigenvalue weighted by Crippen LogP contribution is 2.34. The molecule has 2 amide bonds. The summed E-state index contributed by atoms with van der Waals surface area (Å²) in [5, 5.41) is 2.63. The SMILES string of the molecule is C[C@@H]1C[C@@H](C)CN(C(=O)C(=O)Nc2ccc3c(c2)OCO3)C1. The lowest BCUT2D eigenvalue weighted by molar-refractivity contribution is -0.144.